The molecule has 39 heavy (non-hydrogen) atoms. The Hall–Kier alpha value is -3.10. The Morgan fingerprint density at radius 1 is 1.10 bits per heavy atom. The molecular weight excluding hydrogens is 496 g/mol. The van der Waals surface area contributed by atoms with Gasteiger partial charge in [-0.2, -0.15) is 0 Å². The maximum Gasteiger partial charge on any atom is 0.408 e. The molecule has 3 atom stereocenters. The number of nitrogens with one attached hydrogen (secondary N) is 2. The van der Waals surface area contributed by atoms with Gasteiger partial charge in [0.2, 0.25) is 17.7 Å². The van der Waals surface area contributed by atoms with Gasteiger partial charge in [0.05, 0.1) is 0 Å². The molecule has 2 rings (SSSR count). The SMILES string of the molecule is CCC(C)N(C(=O)C(CCC(N)=O)NC(=O)OC(C)(C)C)C(C(=O)NC1CCCCC1)c1cc(C)ccc1C. The van der Waals surface area contributed by atoms with Gasteiger partial charge in [0, 0.05) is 18.5 Å². The first-order valence-electron chi connectivity index (χ1n) is 14.2. The molecule has 0 radical (unpaired) electrons. The predicted octanol–water partition coefficient (Wildman–Crippen LogP) is 4.58. The number of primary amides is 1. The number of aryl methyl sites for hydroxylation is 2. The van der Waals surface area contributed by atoms with Crippen LogP contribution in [0.1, 0.15) is 109 Å². The average molecular weight is 545 g/mol. The van der Waals surface area contributed by atoms with Gasteiger partial charge in [-0.1, -0.05) is 49.9 Å². The van der Waals surface area contributed by atoms with Gasteiger partial charge in [0.1, 0.15) is 17.7 Å². The smallest absolute Gasteiger partial charge is 0.408 e. The molecule has 0 saturated heterocycles. The number of amides is 4. The highest BCUT2D eigenvalue weighted by Crippen LogP contribution is 2.30. The van der Waals surface area contributed by atoms with Crippen LogP contribution in [0.2, 0.25) is 0 Å². The summed E-state index contributed by atoms with van der Waals surface area (Å²) in [5.41, 5.74) is 7.22. The van der Waals surface area contributed by atoms with Gasteiger partial charge in [-0.3, -0.25) is 14.4 Å². The van der Waals surface area contributed by atoms with Gasteiger partial charge in [0.25, 0.3) is 0 Å². The number of alkyl carbamates (subject to hydrolysis) is 1. The second kappa shape index (κ2) is 14.3. The molecule has 0 aliphatic heterocycles. The van der Waals surface area contributed by atoms with Crippen LogP contribution >= 0.6 is 0 Å². The van der Waals surface area contributed by atoms with E-state index in [-0.39, 0.29) is 30.8 Å². The molecule has 9 heteroatoms. The first-order valence-corrected chi connectivity index (χ1v) is 14.2. The molecule has 1 fully saturated rings. The minimum atomic E-state index is -1.10. The number of carbonyl (C=O) groups is 4. The van der Waals surface area contributed by atoms with Crippen LogP contribution in [0.25, 0.3) is 0 Å². The highest BCUT2D eigenvalue weighted by molar-refractivity contribution is 5.93. The average Bonchev–Trinajstić information content (AvgIpc) is 2.85. The lowest BCUT2D eigenvalue weighted by Gasteiger charge is -2.39. The summed E-state index contributed by atoms with van der Waals surface area (Å²) in [5, 5.41) is 5.87. The molecule has 1 aliphatic rings. The van der Waals surface area contributed by atoms with Gasteiger partial charge >= 0.3 is 6.09 Å². The van der Waals surface area contributed by atoms with E-state index in [1.54, 1.807) is 25.7 Å². The topological polar surface area (TPSA) is 131 Å². The highest BCUT2D eigenvalue weighted by atomic mass is 16.6. The zero-order chi connectivity index (χ0) is 29.3. The molecule has 4 N–H and O–H groups in total. The van der Waals surface area contributed by atoms with Gasteiger partial charge in [-0.25, -0.2) is 4.79 Å². The molecule has 1 aliphatic carbocycles. The van der Waals surface area contributed by atoms with Gasteiger partial charge < -0.3 is 26.0 Å². The van der Waals surface area contributed by atoms with Crippen LogP contribution in [0, 0.1) is 13.8 Å². The number of nitrogens with zero attached hydrogens (tertiary/aromatic N) is 1. The van der Waals surface area contributed by atoms with E-state index >= 15 is 0 Å². The highest BCUT2D eigenvalue weighted by Gasteiger charge is 2.39. The molecule has 0 heterocycles. The lowest BCUT2D eigenvalue weighted by molar-refractivity contribution is -0.145. The first-order chi connectivity index (χ1) is 18.2. The normalized spacial score (nSPS) is 16.5. The number of benzene rings is 1. The van der Waals surface area contributed by atoms with E-state index in [0.29, 0.717) is 6.42 Å². The first kappa shape index (κ1) is 32.1. The van der Waals surface area contributed by atoms with Gasteiger partial charge in [-0.05, 0) is 78.4 Å². The molecule has 1 aromatic carbocycles. The maximum atomic E-state index is 14.3. The summed E-state index contributed by atoms with van der Waals surface area (Å²) in [6.07, 6.45) is 4.77. The summed E-state index contributed by atoms with van der Waals surface area (Å²) in [6.45, 7) is 12.9. The van der Waals surface area contributed by atoms with E-state index in [1.807, 2.05) is 45.9 Å². The molecule has 9 nitrogen and oxygen atoms in total. The summed E-state index contributed by atoms with van der Waals surface area (Å²) >= 11 is 0. The van der Waals surface area contributed by atoms with Crippen LogP contribution in [-0.2, 0) is 19.1 Å². The minimum Gasteiger partial charge on any atom is -0.444 e. The largest absolute Gasteiger partial charge is 0.444 e. The van der Waals surface area contributed by atoms with Crippen molar-refractivity contribution in [1.82, 2.24) is 15.5 Å². The number of nitrogens with two attached hydrogens (primary N) is 1. The zero-order valence-electron chi connectivity index (χ0n) is 24.8. The third kappa shape index (κ3) is 9.86. The maximum absolute atomic E-state index is 14.3. The fourth-order valence-electron chi connectivity index (χ4n) is 4.97. The van der Waals surface area contributed by atoms with Crippen LogP contribution in [0.15, 0.2) is 18.2 Å². The fourth-order valence-corrected chi connectivity index (χ4v) is 4.97. The Labute approximate surface area is 233 Å². The lowest BCUT2D eigenvalue weighted by Crippen LogP contribution is -2.56. The molecule has 0 spiro atoms. The second-order valence-corrected chi connectivity index (χ2v) is 11.8. The van der Waals surface area contributed by atoms with Crippen molar-refractivity contribution in [2.24, 2.45) is 5.73 Å². The van der Waals surface area contributed by atoms with Crippen molar-refractivity contribution in [1.29, 1.82) is 0 Å². The summed E-state index contributed by atoms with van der Waals surface area (Å²) < 4.78 is 5.40. The van der Waals surface area contributed by atoms with Crippen LogP contribution in [0.4, 0.5) is 4.79 Å². The third-order valence-electron chi connectivity index (χ3n) is 7.20. The summed E-state index contributed by atoms with van der Waals surface area (Å²) in [4.78, 5) is 54.3. The standard InChI is InChI=1S/C30H48N4O5/c1-8-21(4)34(28(37)24(16-17-25(31)35)33-29(38)39-30(5,6)7)26(23-18-19(2)14-15-20(23)3)27(36)32-22-12-10-9-11-13-22/h14-15,18,21-22,24,26H,8-13,16-17H2,1-7H3,(H2,31,35)(H,32,36)(H,33,38). The molecule has 1 saturated carbocycles. The van der Waals surface area contributed by atoms with E-state index in [1.165, 1.54) is 0 Å². The Morgan fingerprint density at radius 2 is 1.74 bits per heavy atom. The van der Waals surface area contributed by atoms with Crippen molar-refractivity contribution >= 4 is 23.8 Å². The fraction of sp³-hybridized carbons (Fsp3) is 0.667. The predicted molar refractivity (Wildman–Crippen MR) is 152 cm³/mol. The lowest BCUT2D eigenvalue weighted by atomic mass is 9.92. The Morgan fingerprint density at radius 3 is 2.31 bits per heavy atom. The van der Waals surface area contributed by atoms with Crippen molar-refractivity contribution in [2.75, 3.05) is 0 Å². The Kier molecular flexibility index (Phi) is 11.8. The number of ether oxygens (including phenoxy) is 1. The molecular formula is C30H48N4O5. The van der Waals surface area contributed by atoms with E-state index in [2.05, 4.69) is 10.6 Å². The summed E-state index contributed by atoms with van der Waals surface area (Å²) in [5.74, 6) is -1.29. The molecule has 3 unspecified atom stereocenters. The number of hydrogen-bond donors (Lipinski definition) is 3. The van der Waals surface area contributed by atoms with E-state index in [0.717, 1.165) is 48.8 Å². The summed E-state index contributed by atoms with van der Waals surface area (Å²) in [7, 11) is 0. The number of carbonyl (C=O) groups excluding carboxylic acids is 4. The second-order valence-electron chi connectivity index (χ2n) is 11.8. The van der Waals surface area contributed by atoms with Crippen LogP contribution in [0.5, 0.6) is 0 Å². The van der Waals surface area contributed by atoms with Gasteiger partial charge in [-0.15, -0.1) is 0 Å². The molecule has 0 bridgehead atoms. The third-order valence-corrected chi connectivity index (χ3v) is 7.20. The quantitative estimate of drug-likeness (QED) is 0.375. The Balaban J connectivity index is 2.55. The van der Waals surface area contributed by atoms with E-state index < -0.39 is 35.6 Å². The van der Waals surface area contributed by atoms with Crippen molar-refractivity contribution < 1.29 is 23.9 Å². The zero-order valence-corrected chi connectivity index (χ0v) is 24.8. The number of hydrogen-bond acceptors (Lipinski definition) is 5. The minimum absolute atomic E-state index is 0.00981. The van der Waals surface area contributed by atoms with Gasteiger partial charge in [0.15, 0.2) is 0 Å². The Bertz CT molecular complexity index is 1010. The van der Waals surface area contributed by atoms with Crippen LogP contribution in [0.3, 0.4) is 0 Å². The number of rotatable bonds is 11. The van der Waals surface area contributed by atoms with Crippen molar-refractivity contribution in [2.45, 2.75) is 130 Å². The van der Waals surface area contributed by atoms with Crippen molar-refractivity contribution in [3.63, 3.8) is 0 Å². The van der Waals surface area contributed by atoms with Crippen molar-refractivity contribution in [3.05, 3.63) is 34.9 Å². The molecule has 218 valence electrons. The molecule has 1 aromatic rings. The van der Waals surface area contributed by atoms with E-state index in [9.17, 15) is 19.2 Å². The molecule has 4 amide bonds. The van der Waals surface area contributed by atoms with Crippen molar-refractivity contribution in [3.8, 4) is 0 Å². The summed E-state index contributed by atoms with van der Waals surface area (Å²) in [6, 6.07) is 3.58. The monoisotopic (exact) mass is 544 g/mol. The van der Waals surface area contributed by atoms with E-state index in [4.69, 9.17) is 10.5 Å². The molecule has 0 aromatic heterocycles. The van der Waals surface area contributed by atoms with Crippen LogP contribution < -0.4 is 16.4 Å². The van der Waals surface area contributed by atoms with Crippen LogP contribution in [-0.4, -0.2) is 52.4 Å².